The van der Waals surface area contributed by atoms with Crippen LogP contribution >= 0.6 is 0 Å². The average Bonchev–Trinajstić information content (AvgIpc) is 2.42. The Morgan fingerprint density at radius 1 is 1.20 bits per heavy atom. The third-order valence-electron chi connectivity index (χ3n) is 3.07. The molecule has 0 fully saturated rings. The van der Waals surface area contributed by atoms with Crippen molar-refractivity contribution in [1.82, 2.24) is 0 Å². The van der Waals surface area contributed by atoms with Crippen LogP contribution in [-0.2, 0) is 20.7 Å². The van der Waals surface area contributed by atoms with Gasteiger partial charge in [0.05, 0.1) is 12.7 Å². The van der Waals surface area contributed by atoms with E-state index in [-0.39, 0.29) is 12.2 Å². The molecule has 4 nitrogen and oxygen atoms in total. The minimum atomic E-state index is -0.814. The Kier molecular flexibility index (Phi) is 5.97. The van der Waals surface area contributed by atoms with Crippen molar-refractivity contribution in [3.05, 3.63) is 41.2 Å². The van der Waals surface area contributed by atoms with E-state index in [1.807, 2.05) is 31.2 Å². The molecule has 0 aliphatic carbocycles. The number of Topliss-reactive ketones (excluding diaryl/α,β-unsaturated/α-hetero) is 1. The minimum Gasteiger partial charge on any atom is -0.500 e. The number of ether oxygens (including phenoxy) is 1. The van der Waals surface area contributed by atoms with Gasteiger partial charge in [0.2, 0.25) is 0 Å². The van der Waals surface area contributed by atoms with Crippen LogP contribution in [0, 0.1) is 0 Å². The van der Waals surface area contributed by atoms with Gasteiger partial charge in [0, 0.05) is 12.8 Å². The molecule has 0 amide bonds. The van der Waals surface area contributed by atoms with E-state index < -0.39 is 5.97 Å². The summed E-state index contributed by atoms with van der Waals surface area (Å²) in [5.74, 6) is -0.191. The van der Waals surface area contributed by atoms with Crippen molar-refractivity contribution >= 4 is 17.3 Å². The minimum absolute atomic E-state index is 0.0398. The Morgan fingerprint density at radius 2 is 1.80 bits per heavy atom. The van der Waals surface area contributed by atoms with Crippen LogP contribution in [0.4, 0.5) is 0 Å². The number of ketones is 1. The highest BCUT2D eigenvalue weighted by Crippen LogP contribution is 2.23. The van der Waals surface area contributed by atoms with Gasteiger partial charge >= 0.3 is 5.97 Å². The van der Waals surface area contributed by atoms with Crippen LogP contribution in [0.1, 0.15) is 37.8 Å². The lowest BCUT2D eigenvalue weighted by atomic mass is 9.98. The molecule has 108 valence electrons. The van der Waals surface area contributed by atoms with Crippen LogP contribution in [0.2, 0.25) is 0 Å². The number of methoxy groups -OCH3 is 1. The molecule has 1 rings (SSSR count). The molecule has 0 saturated carbocycles. The van der Waals surface area contributed by atoms with E-state index in [9.17, 15) is 9.59 Å². The SMILES string of the molecule is CC/C(OC)=C(\C(C)=O)c1ccc(CCC(=O)O)cc1. The van der Waals surface area contributed by atoms with E-state index >= 15 is 0 Å². The summed E-state index contributed by atoms with van der Waals surface area (Å²) in [7, 11) is 1.56. The molecule has 20 heavy (non-hydrogen) atoms. The average molecular weight is 276 g/mol. The highest BCUT2D eigenvalue weighted by molar-refractivity contribution is 6.20. The summed E-state index contributed by atoms with van der Waals surface area (Å²) in [6.07, 6.45) is 1.23. The molecule has 1 aromatic carbocycles. The van der Waals surface area contributed by atoms with E-state index in [4.69, 9.17) is 9.84 Å². The molecule has 1 N–H and O–H groups in total. The number of rotatable bonds is 7. The molecule has 4 heteroatoms. The van der Waals surface area contributed by atoms with E-state index in [0.717, 1.165) is 11.1 Å². The van der Waals surface area contributed by atoms with Crippen molar-refractivity contribution in [3.63, 3.8) is 0 Å². The molecule has 0 aromatic heterocycles. The molecule has 0 saturated heterocycles. The normalized spacial score (nSPS) is 11.8. The number of hydrogen-bond acceptors (Lipinski definition) is 3. The highest BCUT2D eigenvalue weighted by Gasteiger charge is 2.13. The van der Waals surface area contributed by atoms with E-state index in [1.165, 1.54) is 6.92 Å². The second-order valence-corrected chi connectivity index (χ2v) is 4.50. The molecule has 0 heterocycles. The number of carboxylic acid groups (broad SMARTS) is 1. The zero-order chi connectivity index (χ0) is 15.1. The molecule has 0 spiro atoms. The van der Waals surface area contributed by atoms with E-state index in [2.05, 4.69) is 0 Å². The van der Waals surface area contributed by atoms with E-state index in [1.54, 1.807) is 7.11 Å². The van der Waals surface area contributed by atoms with Gasteiger partial charge in [0.25, 0.3) is 0 Å². The Morgan fingerprint density at radius 3 is 2.20 bits per heavy atom. The molecule has 0 unspecified atom stereocenters. The fourth-order valence-corrected chi connectivity index (χ4v) is 2.07. The fourth-order valence-electron chi connectivity index (χ4n) is 2.07. The first-order valence-electron chi connectivity index (χ1n) is 6.58. The van der Waals surface area contributed by atoms with Crippen LogP contribution in [0.25, 0.3) is 5.57 Å². The van der Waals surface area contributed by atoms with Gasteiger partial charge in [-0.2, -0.15) is 0 Å². The number of carbonyl (C=O) groups excluding carboxylic acids is 1. The maximum absolute atomic E-state index is 11.8. The number of carboxylic acids is 1. The summed E-state index contributed by atoms with van der Waals surface area (Å²) in [6.45, 7) is 3.45. The van der Waals surface area contributed by atoms with Gasteiger partial charge in [-0.05, 0) is 24.5 Å². The van der Waals surface area contributed by atoms with Gasteiger partial charge in [0.15, 0.2) is 5.78 Å². The van der Waals surface area contributed by atoms with Crippen LogP contribution in [0.15, 0.2) is 30.0 Å². The lowest BCUT2D eigenvalue weighted by molar-refractivity contribution is -0.137. The van der Waals surface area contributed by atoms with E-state index in [0.29, 0.717) is 24.2 Å². The predicted octanol–water partition coefficient (Wildman–Crippen LogP) is 3.06. The largest absolute Gasteiger partial charge is 0.500 e. The van der Waals surface area contributed by atoms with Gasteiger partial charge in [0.1, 0.15) is 5.76 Å². The van der Waals surface area contributed by atoms with Gasteiger partial charge in [-0.1, -0.05) is 31.2 Å². The monoisotopic (exact) mass is 276 g/mol. The molecule has 0 radical (unpaired) electrons. The summed E-state index contributed by atoms with van der Waals surface area (Å²) in [6, 6.07) is 7.37. The Hall–Kier alpha value is -2.10. The standard InChI is InChI=1S/C16H20O4/c1-4-14(20-3)16(11(2)17)13-8-5-12(6-9-13)7-10-15(18)19/h5-6,8-9H,4,7,10H2,1-3H3,(H,18,19)/b16-14-. The summed E-state index contributed by atoms with van der Waals surface area (Å²) in [5.41, 5.74) is 2.32. The number of aliphatic carboxylic acids is 1. The van der Waals surface area contributed by atoms with Crippen molar-refractivity contribution in [2.75, 3.05) is 7.11 Å². The molecule has 0 atom stereocenters. The second-order valence-electron chi connectivity index (χ2n) is 4.50. The molecule has 0 aliphatic rings. The van der Waals surface area contributed by atoms with Crippen LogP contribution < -0.4 is 0 Å². The number of aryl methyl sites for hydroxylation is 1. The first-order valence-corrected chi connectivity index (χ1v) is 6.58. The lowest BCUT2D eigenvalue weighted by Gasteiger charge is -2.11. The van der Waals surface area contributed by atoms with Crippen molar-refractivity contribution in [2.24, 2.45) is 0 Å². The molecule has 1 aromatic rings. The number of hydrogen-bond donors (Lipinski definition) is 1. The number of carbonyl (C=O) groups is 2. The van der Waals surface area contributed by atoms with Crippen LogP contribution in [0.5, 0.6) is 0 Å². The van der Waals surface area contributed by atoms with Gasteiger partial charge < -0.3 is 9.84 Å². The zero-order valence-electron chi connectivity index (χ0n) is 12.1. The smallest absolute Gasteiger partial charge is 0.303 e. The van der Waals surface area contributed by atoms with Crippen molar-refractivity contribution in [2.45, 2.75) is 33.1 Å². The summed E-state index contributed by atoms with van der Waals surface area (Å²) in [4.78, 5) is 22.3. The third kappa shape index (κ3) is 4.23. The highest BCUT2D eigenvalue weighted by atomic mass is 16.5. The van der Waals surface area contributed by atoms with Crippen LogP contribution in [-0.4, -0.2) is 24.0 Å². The van der Waals surface area contributed by atoms with Crippen molar-refractivity contribution in [3.8, 4) is 0 Å². The van der Waals surface area contributed by atoms with Crippen molar-refractivity contribution in [1.29, 1.82) is 0 Å². The maximum Gasteiger partial charge on any atom is 0.303 e. The fraction of sp³-hybridized carbons (Fsp3) is 0.375. The maximum atomic E-state index is 11.8. The first kappa shape index (κ1) is 16.0. The van der Waals surface area contributed by atoms with Gasteiger partial charge in [-0.3, -0.25) is 9.59 Å². The summed E-state index contributed by atoms with van der Waals surface area (Å²) >= 11 is 0. The van der Waals surface area contributed by atoms with Gasteiger partial charge in [-0.15, -0.1) is 0 Å². The third-order valence-corrected chi connectivity index (χ3v) is 3.07. The summed E-state index contributed by atoms with van der Waals surface area (Å²) in [5, 5.41) is 8.66. The lowest BCUT2D eigenvalue weighted by Crippen LogP contribution is -2.03. The van der Waals surface area contributed by atoms with Crippen LogP contribution in [0.3, 0.4) is 0 Å². The Labute approximate surface area is 119 Å². The number of benzene rings is 1. The molecular weight excluding hydrogens is 256 g/mol. The summed E-state index contributed by atoms with van der Waals surface area (Å²) < 4.78 is 5.27. The molecule has 0 bridgehead atoms. The Bertz CT molecular complexity index is 506. The number of allylic oxidation sites excluding steroid dienone is 2. The molecular formula is C16H20O4. The second kappa shape index (κ2) is 7.48. The zero-order valence-corrected chi connectivity index (χ0v) is 12.1. The Balaban J connectivity index is 3.03. The quantitative estimate of drug-likeness (QED) is 0.614. The molecule has 0 aliphatic heterocycles. The van der Waals surface area contributed by atoms with Gasteiger partial charge in [-0.25, -0.2) is 0 Å². The predicted molar refractivity (Wildman–Crippen MR) is 77.3 cm³/mol. The van der Waals surface area contributed by atoms with Crippen molar-refractivity contribution < 1.29 is 19.4 Å². The topological polar surface area (TPSA) is 63.6 Å². The first-order chi connectivity index (χ1) is 9.49.